The van der Waals surface area contributed by atoms with Crippen molar-refractivity contribution in [1.82, 2.24) is 15.1 Å². The zero-order valence-electron chi connectivity index (χ0n) is 19.0. The number of aliphatic hydroxyl groups is 1. The van der Waals surface area contributed by atoms with Crippen LogP contribution in [0.4, 0.5) is 0 Å². The number of nitrogens with one attached hydrogen (secondary N) is 1. The number of hydrogen-bond donors (Lipinski definition) is 3. The molecule has 3 N–H and O–H groups in total. The molecular weight excluding hydrogens is 448 g/mol. The van der Waals surface area contributed by atoms with E-state index in [2.05, 4.69) is 10.5 Å². The van der Waals surface area contributed by atoms with Gasteiger partial charge in [-0.1, -0.05) is 12.1 Å². The van der Waals surface area contributed by atoms with Crippen LogP contribution in [0.15, 0.2) is 15.8 Å². The van der Waals surface area contributed by atoms with Gasteiger partial charge >= 0.3 is 5.97 Å². The van der Waals surface area contributed by atoms with Gasteiger partial charge in [-0.05, 0) is 26.2 Å². The Labute approximate surface area is 196 Å². The van der Waals surface area contributed by atoms with Crippen LogP contribution in [0, 0.1) is 17.3 Å². The number of amides is 2. The molecule has 4 aliphatic heterocycles. The molecule has 0 radical (unpaired) electrons. The third kappa shape index (κ3) is 3.47. The first-order valence-electron chi connectivity index (χ1n) is 11.5. The van der Waals surface area contributed by atoms with Crippen molar-refractivity contribution in [2.24, 2.45) is 22.4 Å². The highest BCUT2D eigenvalue weighted by atomic mass is 32.2. The number of aliphatic hydroxyl groups excluding tert-OH is 1. The molecule has 4 fully saturated rings. The number of thioether (sulfide) groups is 1. The van der Waals surface area contributed by atoms with Crippen LogP contribution in [0.25, 0.3) is 0 Å². The van der Waals surface area contributed by atoms with Crippen molar-refractivity contribution in [1.29, 1.82) is 0 Å². The maximum Gasteiger partial charge on any atom is 0.353 e. The number of carbonyl (C=O) groups is 3. The highest BCUT2D eigenvalue weighted by Crippen LogP contribution is 2.53. The molecule has 33 heavy (non-hydrogen) atoms. The van der Waals surface area contributed by atoms with Gasteiger partial charge in [0, 0.05) is 34.6 Å². The van der Waals surface area contributed by atoms with Crippen LogP contribution in [0.1, 0.15) is 33.1 Å². The number of carbonyl (C=O) groups excluding carboxylic acids is 2. The largest absolute Gasteiger partial charge is 0.477 e. The standard InChI is InChI=1S/C22H30N4O6S/c1-10-16-15(11(2)27)20(29)26(16)17(21(30)31)18(10)33-12-6-13(23-7-12)19(28)25-8-14(24-32-3)22(9-25)4-5-22/h10-13,15-16,23,27H,4-9H2,1-3H3,(H,30,31)/b24-14+/t10-,11-,12+,13+,15-,16-/m1/s1. The summed E-state index contributed by atoms with van der Waals surface area (Å²) < 4.78 is 0. The molecule has 11 heteroatoms. The summed E-state index contributed by atoms with van der Waals surface area (Å²) in [5.41, 5.74) is 0.976. The second kappa shape index (κ2) is 7.99. The molecule has 1 aliphatic carbocycles. The Bertz CT molecular complexity index is 961. The Balaban J connectivity index is 1.26. The molecule has 0 aromatic carbocycles. The lowest BCUT2D eigenvalue weighted by molar-refractivity contribution is -0.163. The lowest BCUT2D eigenvalue weighted by Crippen LogP contribution is -2.63. The van der Waals surface area contributed by atoms with Crippen LogP contribution in [-0.2, 0) is 19.2 Å². The van der Waals surface area contributed by atoms with E-state index >= 15 is 0 Å². The van der Waals surface area contributed by atoms with Crippen LogP contribution < -0.4 is 5.32 Å². The Morgan fingerprint density at radius 1 is 1.36 bits per heavy atom. The van der Waals surface area contributed by atoms with Crippen molar-refractivity contribution in [2.75, 3.05) is 26.7 Å². The molecule has 3 saturated heterocycles. The molecule has 0 bridgehead atoms. The van der Waals surface area contributed by atoms with Crippen molar-refractivity contribution >= 4 is 35.3 Å². The topological polar surface area (TPSA) is 132 Å². The molecule has 2 amide bonds. The minimum Gasteiger partial charge on any atom is -0.477 e. The molecule has 10 nitrogen and oxygen atoms in total. The van der Waals surface area contributed by atoms with E-state index in [1.807, 2.05) is 11.8 Å². The van der Waals surface area contributed by atoms with Gasteiger partial charge in [0.15, 0.2) is 0 Å². The lowest BCUT2D eigenvalue weighted by atomic mass is 9.79. The summed E-state index contributed by atoms with van der Waals surface area (Å²) in [6.45, 7) is 5.24. The predicted octanol–water partition coefficient (Wildman–Crippen LogP) is 0.229. The number of rotatable bonds is 6. The molecular formula is C22H30N4O6S. The number of likely N-dealkylation sites (tertiary alicyclic amines) is 1. The SMILES string of the molecule is CO/N=C1\CN(C(=O)[C@@H]2C[C@H](SC3=C(C(=O)O)N4C(=O)[C@H]([C@@H](C)O)[C@H]4[C@H]3C)CN2)CC12CC2. The molecule has 1 spiro atoms. The molecule has 0 unspecified atom stereocenters. The molecule has 0 aromatic rings. The highest BCUT2D eigenvalue weighted by molar-refractivity contribution is 8.03. The zero-order valence-corrected chi connectivity index (χ0v) is 19.8. The smallest absolute Gasteiger partial charge is 0.353 e. The fourth-order valence-electron chi connectivity index (χ4n) is 5.91. The number of oxime groups is 1. The minimum atomic E-state index is -1.13. The first-order chi connectivity index (χ1) is 15.7. The Morgan fingerprint density at radius 2 is 2.09 bits per heavy atom. The zero-order chi connectivity index (χ0) is 23.7. The van der Waals surface area contributed by atoms with E-state index < -0.39 is 18.0 Å². The van der Waals surface area contributed by atoms with Crippen LogP contribution in [0.3, 0.4) is 0 Å². The summed E-state index contributed by atoms with van der Waals surface area (Å²) in [5.74, 6) is -2.15. The highest BCUT2D eigenvalue weighted by Gasteiger charge is 2.60. The fraction of sp³-hybridized carbons (Fsp3) is 0.727. The minimum absolute atomic E-state index is 0.000446. The quantitative estimate of drug-likeness (QED) is 0.365. The van der Waals surface area contributed by atoms with Gasteiger partial charge in [0.1, 0.15) is 12.8 Å². The first kappa shape index (κ1) is 22.7. The van der Waals surface area contributed by atoms with E-state index in [4.69, 9.17) is 4.84 Å². The Morgan fingerprint density at radius 3 is 2.70 bits per heavy atom. The van der Waals surface area contributed by atoms with Gasteiger partial charge in [0.25, 0.3) is 0 Å². The number of carboxylic acid groups (broad SMARTS) is 1. The van der Waals surface area contributed by atoms with Crippen LogP contribution >= 0.6 is 11.8 Å². The Hall–Kier alpha value is -2.11. The summed E-state index contributed by atoms with van der Waals surface area (Å²) in [4.78, 5) is 46.6. The van der Waals surface area contributed by atoms with Gasteiger partial charge < -0.3 is 30.2 Å². The van der Waals surface area contributed by atoms with Crippen LogP contribution in [-0.4, -0.2) is 93.7 Å². The maximum absolute atomic E-state index is 13.2. The first-order valence-corrected chi connectivity index (χ1v) is 12.3. The van der Waals surface area contributed by atoms with Crippen molar-refractivity contribution in [3.05, 3.63) is 10.6 Å². The second-order valence-corrected chi connectivity index (χ2v) is 11.2. The third-order valence-corrected chi connectivity index (χ3v) is 9.32. The normalized spacial score (nSPS) is 36.4. The molecule has 1 saturated carbocycles. The number of aliphatic carboxylic acids is 1. The second-order valence-electron chi connectivity index (χ2n) is 9.90. The van der Waals surface area contributed by atoms with E-state index in [-0.39, 0.29) is 46.2 Å². The fourth-order valence-corrected chi connectivity index (χ4v) is 7.39. The molecule has 180 valence electrons. The van der Waals surface area contributed by atoms with Gasteiger partial charge in [0.05, 0.1) is 36.4 Å². The van der Waals surface area contributed by atoms with E-state index in [1.54, 1.807) is 6.92 Å². The lowest BCUT2D eigenvalue weighted by Gasteiger charge is -2.46. The monoisotopic (exact) mass is 478 g/mol. The predicted molar refractivity (Wildman–Crippen MR) is 120 cm³/mol. The molecule has 5 aliphatic rings. The van der Waals surface area contributed by atoms with Gasteiger partial charge in [-0.15, -0.1) is 11.8 Å². The van der Waals surface area contributed by atoms with E-state index in [9.17, 15) is 24.6 Å². The van der Waals surface area contributed by atoms with Gasteiger partial charge in [-0.3, -0.25) is 9.59 Å². The van der Waals surface area contributed by atoms with Crippen LogP contribution in [0.5, 0.6) is 0 Å². The molecule has 5 rings (SSSR count). The summed E-state index contributed by atoms with van der Waals surface area (Å²) in [6, 6.07) is -0.648. The van der Waals surface area contributed by atoms with Crippen molar-refractivity contribution in [3.8, 4) is 0 Å². The van der Waals surface area contributed by atoms with Gasteiger partial charge in [0.2, 0.25) is 11.8 Å². The van der Waals surface area contributed by atoms with E-state index in [1.165, 1.54) is 23.8 Å². The summed E-state index contributed by atoms with van der Waals surface area (Å²) in [7, 11) is 1.53. The van der Waals surface area contributed by atoms with Gasteiger partial charge in [-0.2, -0.15) is 0 Å². The summed E-state index contributed by atoms with van der Waals surface area (Å²) in [6.07, 6.45) is 1.83. The van der Waals surface area contributed by atoms with Crippen molar-refractivity contribution < 1.29 is 29.4 Å². The number of fused-ring (bicyclic) bond motifs is 1. The average molecular weight is 479 g/mol. The summed E-state index contributed by atoms with van der Waals surface area (Å²) in [5, 5.41) is 27.3. The molecule has 0 aromatic heterocycles. The number of hydrogen-bond acceptors (Lipinski definition) is 8. The summed E-state index contributed by atoms with van der Waals surface area (Å²) >= 11 is 1.45. The van der Waals surface area contributed by atoms with Gasteiger partial charge in [-0.25, -0.2) is 4.79 Å². The van der Waals surface area contributed by atoms with E-state index in [0.717, 1.165) is 18.6 Å². The van der Waals surface area contributed by atoms with E-state index in [0.29, 0.717) is 31.0 Å². The molecule has 4 heterocycles. The number of nitrogens with zero attached hydrogens (tertiary/aromatic N) is 3. The van der Waals surface area contributed by atoms with Crippen LogP contribution in [0.2, 0.25) is 0 Å². The van der Waals surface area contributed by atoms with Crippen molar-refractivity contribution in [3.63, 3.8) is 0 Å². The van der Waals surface area contributed by atoms with Crippen molar-refractivity contribution in [2.45, 2.75) is 56.5 Å². The Kier molecular flexibility index (Phi) is 5.49. The third-order valence-electron chi connectivity index (χ3n) is 7.81. The number of carboxylic acids is 1. The average Bonchev–Trinajstić information content (AvgIpc) is 3.12. The maximum atomic E-state index is 13.2. The molecule has 6 atom stereocenters. The number of β-lactam (4-membered cyclic amide) rings is 1.